The van der Waals surface area contributed by atoms with E-state index in [1.807, 2.05) is 6.92 Å². The molecular formula is C20H44FNO. The zero-order valence-corrected chi connectivity index (χ0v) is 16.0. The number of rotatable bonds is 19. The van der Waals surface area contributed by atoms with E-state index in [-0.39, 0.29) is 4.70 Å². The molecule has 0 radical (unpaired) electrons. The van der Waals surface area contributed by atoms with Crippen molar-refractivity contribution in [1.29, 1.82) is 0 Å². The van der Waals surface area contributed by atoms with Gasteiger partial charge >= 0.3 is 0 Å². The first-order chi connectivity index (χ1) is 10.9. The van der Waals surface area contributed by atoms with E-state index in [1.54, 1.807) is 0 Å². The van der Waals surface area contributed by atoms with Crippen LogP contribution in [0, 0.1) is 0 Å². The molecule has 23 heavy (non-hydrogen) atoms. The maximum Gasteiger partial charge on any atom is 0.0653 e. The van der Waals surface area contributed by atoms with Crippen LogP contribution in [-0.2, 0) is 4.84 Å². The molecule has 0 saturated heterocycles. The third kappa shape index (κ3) is 24.2. The highest BCUT2D eigenvalue weighted by Gasteiger charge is 1.94. The normalized spacial score (nSPS) is 10.7. The second kappa shape index (κ2) is 24.1. The van der Waals surface area contributed by atoms with Crippen LogP contribution in [0.15, 0.2) is 0 Å². The van der Waals surface area contributed by atoms with Crippen LogP contribution in [0.1, 0.15) is 117 Å². The summed E-state index contributed by atoms with van der Waals surface area (Å²) in [5.74, 6) is 0. The predicted octanol–water partition coefficient (Wildman–Crippen LogP) is 6.94. The van der Waals surface area contributed by atoms with Gasteiger partial charge < -0.3 is 4.84 Å². The van der Waals surface area contributed by atoms with E-state index in [0.717, 1.165) is 13.2 Å². The van der Waals surface area contributed by atoms with Crippen LogP contribution in [0.4, 0.5) is 4.70 Å². The molecule has 0 rings (SSSR count). The Morgan fingerprint density at radius 3 is 1.22 bits per heavy atom. The van der Waals surface area contributed by atoms with Crippen molar-refractivity contribution in [3.8, 4) is 0 Å². The summed E-state index contributed by atoms with van der Waals surface area (Å²) in [4.78, 5) is 5.11. The molecule has 0 unspecified atom stereocenters. The number of hydrogen-bond acceptors (Lipinski definition) is 2. The lowest BCUT2D eigenvalue weighted by Crippen LogP contribution is -2.15. The molecule has 1 N–H and O–H groups in total. The molecule has 0 atom stereocenters. The number of nitrogens with one attached hydrogen (secondary N) is 1. The second-order valence-electron chi connectivity index (χ2n) is 6.63. The molecule has 2 nitrogen and oxygen atoms in total. The largest absolute Gasteiger partial charge is 0.302 e. The van der Waals surface area contributed by atoms with Gasteiger partial charge in [0.25, 0.3) is 0 Å². The Kier molecular flexibility index (Phi) is 26.3. The summed E-state index contributed by atoms with van der Waals surface area (Å²) in [6.45, 7) is 6.07. The lowest BCUT2D eigenvalue weighted by atomic mass is 10.0. The van der Waals surface area contributed by atoms with Gasteiger partial charge in [-0.15, -0.1) is 0 Å². The van der Waals surface area contributed by atoms with E-state index >= 15 is 0 Å². The summed E-state index contributed by atoms with van der Waals surface area (Å²) in [7, 11) is 0. The van der Waals surface area contributed by atoms with Gasteiger partial charge in [-0.3, -0.25) is 4.70 Å². The van der Waals surface area contributed by atoms with Crippen LogP contribution in [0.5, 0.6) is 0 Å². The van der Waals surface area contributed by atoms with Crippen molar-refractivity contribution >= 4 is 0 Å². The van der Waals surface area contributed by atoms with Crippen LogP contribution in [0.25, 0.3) is 0 Å². The Hall–Kier alpha value is -0.150. The van der Waals surface area contributed by atoms with E-state index in [9.17, 15) is 0 Å². The number of halogens is 1. The van der Waals surface area contributed by atoms with E-state index in [1.165, 1.54) is 103 Å². The Morgan fingerprint density at radius 1 is 0.522 bits per heavy atom. The summed E-state index contributed by atoms with van der Waals surface area (Å²) in [6, 6.07) is 0. The predicted molar refractivity (Wildman–Crippen MR) is 102 cm³/mol. The highest BCUT2D eigenvalue weighted by Crippen LogP contribution is 2.13. The van der Waals surface area contributed by atoms with Gasteiger partial charge in [-0.2, -0.15) is 0 Å². The van der Waals surface area contributed by atoms with Crippen molar-refractivity contribution in [1.82, 2.24) is 5.48 Å². The van der Waals surface area contributed by atoms with Gasteiger partial charge in [-0.05, 0) is 13.3 Å². The van der Waals surface area contributed by atoms with Crippen molar-refractivity contribution in [3.63, 3.8) is 0 Å². The summed E-state index contributed by atoms with van der Waals surface area (Å²) in [5, 5.41) is 0. The van der Waals surface area contributed by atoms with Gasteiger partial charge in [-0.25, -0.2) is 5.48 Å². The van der Waals surface area contributed by atoms with Gasteiger partial charge in [0.05, 0.1) is 6.61 Å². The zero-order valence-electron chi connectivity index (χ0n) is 16.0. The maximum atomic E-state index is 5.11. The molecule has 0 aromatic heterocycles. The summed E-state index contributed by atoms with van der Waals surface area (Å²) in [6.07, 6.45) is 22.8. The lowest BCUT2D eigenvalue weighted by Gasteiger charge is -2.04. The summed E-state index contributed by atoms with van der Waals surface area (Å²) < 4.78 is 0. The third-order valence-electron chi connectivity index (χ3n) is 4.38. The summed E-state index contributed by atoms with van der Waals surface area (Å²) in [5.41, 5.74) is 2.98. The highest BCUT2D eigenvalue weighted by atomic mass is 19.0. The molecule has 0 aliphatic carbocycles. The van der Waals surface area contributed by atoms with Gasteiger partial charge in [0.1, 0.15) is 0 Å². The first kappa shape index (κ1) is 25.1. The van der Waals surface area contributed by atoms with Crippen LogP contribution in [-0.4, -0.2) is 13.2 Å². The fraction of sp³-hybridized carbons (Fsp3) is 1.00. The molecule has 0 aliphatic heterocycles. The number of hydrogen-bond donors (Lipinski definition) is 1. The molecule has 0 aromatic carbocycles. The zero-order chi connectivity index (χ0) is 16.1. The van der Waals surface area contributed by atoms with Gasteiger partial charge in [0, 0.05) is 6.54 Å². The number of unbranched alkanes of at least 4 members (excludes halogenated alkanes) is 15. The second-order valence-corrected chi connectivity index (χ2v) is 6.63. The average Bonchev–Trinajstić information content (AvgIpc) is 2.54. The molecule has 0 fully saturated rings. The van der Waals surface area contributed by atoms with Crippen molar-refractivity contribution < 1.29 is 9.54 Å². The molecule has 142 valence electrons. The molecule has 0 aliphatic rings. The fourth-order valence-corrected chi connectivity index (χ4v) is 2.92. The third-order valence-corrected chi connectivity index (χ3v) is 4.38. The Balaban J connectivity index is 0. The quantitative estimate of drug-likeness (QED) is 0.204. The molecule has 0 amide bonds. The van der Waals surface area contributed by atoms with Crippen molar-refractivity contribution in [2.24, 2.45) is 0 Å². The standard InChI is InChI=1S/C20H43NO.FH/c1-3-5-6-7-8-9-10-11-12-13-14-15-16-17-18-19-20-21-22-4-2;/h21H,3-20H2,1-2H3;1H. The fourth-order valence-electron chi connectivity index (χ4n) is 2.92. The minimum Gasteiger partial charge on any atom is -0.302 e. The molecule has 0 heterocycles. The monoisotopic (exact) mass is 333 g/mol. The van der Waals surface area contributed by atoms with Gasteiger partial charge in [-0.1, -0.05) is 103 Å². The van der Waals surface area contributed by atoms with E-state index in [2.05, 4.69) is 12.4 Å². The topological polar surface area (TPSA) is 21.3 Å². The molecule has 0 saturated carbocycles. The molecule has 3 heteroatoms. The Morgan fingerprint density at radius 2 is 0.870 bits per heavy atom. The Bertz CT molecular complexity index is 170. The first-order valence-corrected chi connectivity index (χ1v) is 10.3. The lowest BCUT2D eigenvalue weighted by molar-refractivity contribution is 0.0500. The van der Waals surface area contributed by atoms with Gasteiger partial charge in [0.2, 0.25) is 0 Å². The summed E-state index contributed by atoms with van der Waals surface area (Å²) >= 11 is 0. The molecule has 0 aromatic rings. The smallest absolute Gasteiger partial charge is 0.0653 e. The van der Waals surface area contributed by atoms with E-state index in [4.69, 9.17) is 4.84 Å². The number of hydroxylamine groups is 1. The SMILES string of the molecule is CCCCCCCCCCCCCCCCCCNOCC.F. The molecule has 0 spiro atoms. The van der Waals surface area contributed by atoms with Crippen molar-refractivity contribution in [2.45, 2.75) is 117 Å². The first-order valence-electron chi connectivity index (χ1n) is 10.3. The van der Waals surface area contributed by atoms with Crippen molar-refractivity contribution in [2.75, 3.05) is 13.2 Å². The average molecular weight is 334 g/mol. The highest BCUT2D eigenvalue weighted by molar-refractivity contribution is 4.50. The van der Waals surface area contributed by atoms with E-state index < -0.39 is 0 Å². The van der Waals surface area contributed by atoms with Crippen LogP contribution < -0.4 is 5.48 Å². The van der Waals surface area contributed by atoms with Crippen LogP contribution in [0.3, 0.4) is 0 Å². The van der Waals surface area contributed by atoms with Crippen molar-refractivity contribution in [3.05, 3.63) is 0 Å². The van der Waals surface area contributed by atoms with Crippen LogP contribution in [0.2, 0.25) is 0 Å². The van der Waals surface area contributed by atoms with Gasteiger partial charge in [0.15, 0.2) is 0 Å². The Labute approximate surface area is 145 Å². The minimum absolute atomic E-state index is 0. The molecular weight excluding hydrogens is 289 g/mol. The minimum atomic E-state index is 0. The molecule has 0 bridgehead atoms. The maximum absolute atomic E-state index is 5.11. The van der Waals surface area contributed by atoms with Crippen LogP contribution >= 0.6 is 0 Å². The van der Waals surface area contributed by atoms with E-state index in [0.29, 0.717) is 0 Å².